The molecule has 0 saturated heterocycles. The monoisotopic (exact) mass is 117 g/mol. The van der Waals surface area contributed by atoms with Crippen LogP contribution in [0.2, 0.25) is 0 Å². The van der Waals surface area contributed by atoms with Crippen molar-refractivity contribution in [2.45, 2.75) is 25.7 Å². The van der Waals surface area contributed by atoms with Gasteiger partial charge in [0.05, 0.1) is 0 Å². The van der Waals surface area contributed by atoms with Crippen LogP contribution in [0.5, 0.6) is 0 Å². The third kappa shape index (κ3) is 6.35. The van der Waals surface area contributed by atoms with Crippen molar-refractivity contribution in [3.8, 4) is 0 Å². The molecule has 0 fully saturated rings. The fourth-order valence-electron chi connectivity index (χ4n) is 0.465. The normalized spacial score (nSPS) is 9.43. The summed E-state index contributed by atoms with van der Waals surface area (Å²) in [5.74, 6) is 1.03. The summed E-state index contributed by atoms with van der Waals surface area (Å²) in [4.78, 5) is 0. The van der Waals surface area contributed by atoms with Gasteiger partial charge in [-0.25, -0.2) is 0 Å². The van der Waals surface area contributed by atoms with Crippen LogP contribution in [0.15, 0.2) is 0 Å². The van der Waals surface area contributed by atoms with E-state index >= 15 is 0 Å². The zero-order chi connectivity index (χ0) is 5.54. The van der Waals surface area contributed by atoms with Crippen LogP contribution < -0.4 is 0 Å². The molecule has 7 heavy (non-hydrogen) atoms. The topological polar surface area (TPSA) is 0 Å². The maximum atomic E-state index is 4.07. The molecule has 0 heterocycles. The molecule has 0 nitrogen and oxygen atoms in total. The molecule has 0 aromatic heterocycles. The van der Waals surface area contributed by atoms with Gasteiger partial charge >= 0.3 is 0 Å². The van der Waals surface area contributed by atoms with E-state index in [2.05, 4.69) is 19.6 Å². The Kier molecular flexibility index (Phi) is 6.67. The summed E-state index contributed by atoms with van der Waals surface area (Å²) in [6.45, 7) is 3.73. The first kappa shape index (κ1) is 7.35. The largest absolute Gasteiger partial charge is 0.343 e. The molecule has 0 aromatic rings. The lowest BCUT2D eigenvalue weighted by Crippen LogP contribution is -1.74. The Balaban J connectivity index is 2.45. The molecule has 0 aliphatic heterocycles. The van der Waals surface area contributed by atoms with Crippen molar-refractivity contribution in [3.63, 3.8) is 0 Å². The standard InChI is InChI=1S/C6H13S/c1-2-3-4-5-6-7/h7H,1-6H2/q-1. The molecule has 0 aliphatic rings. The SMILES string of the molecule is [CH2-]CCCCCS. The second-order valence-corrected chi connectivity index (χ2v) is 2.09. The molecule has 0 N–H and O–H groups in total. The van der Waals surface area contributed by atoms with Crippen molar-refractivity contribution in [3.05, 3.63) is 6.92 Å². The highest BCUT2D eigenvalue weighted by Gasteiger charge is 1.77. The Morgan fingerprint density at radius 2 is 1.86 bits per heavy atom. The van der Waals surface area contributed by atoms with E-state index in [-0.39, 0.29) is 0 Å². The fourth-order valence-corrected chi connectivity index (χ4v) is 0.689. The first-order valence-electron chi connectivity index (χ1n) is 2.82. The first-order chi connectivity index (χ1) is 3.41. The van der Waals surface area contributed by atoms with Gasteiger partial charge in [0, 0.05) is 0 Å². The summed E-state index contributed by atoms with van der Waals surface area (Å²) in [6, 6.07) is 0. The average Bonchev–Trinajstić information content (AvgIpc) is 1.69. The summed E-state index contributed by atoms with van der Waals surface area (Å²) < 4.78 is 0. The van der Waals surface area contributed by atoms with Gasteiger partial charge in [-0.05, 0) is 12.2 Å². The van der Waals surface area contributed by atoms with Crippen molar-refractivity contribution >= 4 is 12.6 Å². The molecule has 1 heteroatoms. The lowest BCUT2D eigenvalue weighted by Gasteiger charge is -1.94. The molecule has 0 amide bonds. The lowest BCUT2D eigenvalue weighted by molar-refractivity contribution is 0.734. The van der Waals surface area contributed by atoms with Crippen LogP contribution in [0.1, 0.15) is 25.7 Å². The van der Waals surface area contributed by atoms with Gasteiger partial charge in [0.2, 0.25) is 0 Å². The Bertz CT molecular complexity index is 23.4. The summed E-state index contributed by atoms with van der Waals surface area (Å²) in [5.41, 5.74) is 0. The highest BCUT2D eigenvalue weighted by Crippen LogP contribution is 1.98. The minimum atomic E-state index is 1.03. The Morgan fingerprint density at radius 3 is 2.29 bits per heavy atom. The van der Waals surface area contributed by atoms with Crippen LogP contribution in [0.4, 0.5) is 0 Å². The molecule has 0 spiro atoms. The predicted octanol–water partition coefficient (Wildman–Crippen LogP) is 2.31. The molecular formula is C6H13S-. The molecule has 0 unspecified atom stereocenters. The Hall–Kier alpha value is 0.350. The van der Waals surface area contributed by atoms with Crippen LogP contribution in [-0.4, -0.2) is 5.75 Å². The van der Waals surface area contributed by atoms with Gasteiger partial charge in [-0.15, -0.1) is 0 Å². The second-order valence-electron chi connectivity index (χ2n) is 1.64. The Labute approximate surface area is 51.7 Å². The summed E-state index contributed by atoms with van der Waals surface area (Å²) in [7, 11) is 0. The van der Waals surface area contributed by atoms with E-state index in [4.69, 9.17) is 0 Å². The zero-order valence-corrected chi connectivity index (χ0v) is 5.58. The van der Waals surface area contributed by atoms with Gasteiger partial charge in [0.1, 0.15) is 0 Å². The maximum Gasteiger partial charge on any atom is -0.00979 e. The summed E-state index contributed by atoms with van der Waals surface area (Å²) >= 11 is 4.07. The van der Waals surface area contributed by atoms with E-state index < -0.39 is 0 Å². The van der Waals surface area contributed by atoms with E-state index in [1.807, 2.05) is 0 Å². The second kappa shape index (κ2) is 6.35. The van der Waals surface area contributed by atoms with Gasteiger partial charge in [0.15, 0.2) is 0 Å². The number of hydrogen-bond donors (Lipinski definition) is 1. The number of hydrogen-bond acceptors (Lipinski definition) is 1. The van der Waals surface area contributed by atoms with Crippen LogP contribution in [0.3, 0.4) is 0 Å². The third-order valence-electron chi connectivity index (χ3n) is 0.908. The van der Waals surface area contributed by atoms with Crippen LogP contribution in [-0.2, 0) is 0 Å². The minimum Gasteiger partial charge on any atom is -0.343 e. The van der Waals surface area contributed by atoms with Crippen molar-refractivity contribution in [1.82, 2.24) is 0 Å². The molecule has 44 valence electrons. The molecule has 0 bridgehead atoms. The Morgan fingerprint density at radius 1 is 1.14 bits per heavy atom. The van der Waals surface area contributed by atoms with Gasteiger partial charge in [0.25, 0.3) is 0 Å². The zero-order valence-electron chi connectivity index (χ0n) is 4.69. The highest BCUT2D eigenvalue weighted by molar-refractivity contribution is 7.80. The van der Waals surface area contributed by atoms with Crippen molar-refractivity contribution in [2.24, 2.45) is 0 Å². The molecular weight excluding hydrogens is 104 g/mol. The minimum absolute atomic E-state index is 1.03. The van der Waals surface area contributed by atoms with Crippen LogP contribution in [0.25, 0.3) is 0 Å². The fraction of sp³-hybridized carbons (Fsp3) is 0.833. The van der Waals surface area contributed by atoms with E-state index in [1.54, 1.807) is 0 Å². The molecule has 0 aromatic carbocycles. The molecule has 0 radical (unpaired) electrons. The number of unbranched alkanes of at least 4 members (excludes halogenated alkanes) is 3. The van der Waals surface area contributed by atoms with Crippen molar-refractivity contribution < 1.29 is 0 Å². The van der Waals surface area contributed by atoms with Crippen molar-refractivity contribution in [2.75, 3.05) is 5.75 Å². The number of thiol groups is 1. The van der Waals surface area contributed by atoms with Crippen LogP contribution >= 0.6 is 12.6 Å². The lowest BCUT2D eigenvalue weighted by atomic mass is 10.2. The number of rotatable bonds is 4. The maximum absolute atomic E-state index is 4.07. The van der Waals surface area contributed by atoms with Gasteiger partial charge in [-0.3, -0.25) is 0 Å². The smallest absolute Gasteiger partial charge is 0.00979 e. The molecule has 0 aliphatic carbocycles. The van der Waals surface area contributed by atoms with E-state index in [0.29, 0.717) is 0 Å². The van der Waals surface area contributed by atoms with E-state index in [0.717, 1.165) is 12.2 Å². The van der Waals surface area contributed by atoms with Gasteiger partial charge in [-0.2, -0.15) is 19.0 Å². The van der Waals surface area contributed by atoms with E-state index in [9.17, 15) is 0 Å². The first-order valence-corrected chi connectivity index (χ1v) is 3.45. The van der Waals surface area contributed by atoms with E-state index in [1.165, 1.54) is 19.3 Å². The predicted molar refractivity (Wildman–Crippen MR) is 37.7 cm³/mol. The highest BCUT2D eigenvalue weighted by atomic mass is 32.1. The third-order valence-corrected chi connectivity index (χ3v) is 1.22. The quantitative estimate of drug-likeness (QED) is 0.326. The van der Waals surface area contributed by atoms with Gasteiger partial charge in [-0.1, -0.05) is 12.8 Å². The van der Waals surface area contributed by atoms with Crippen molar-refractivity contribution in [1.29, 1.82) is 0 Å². The van der Waals surface area contributed by atoms with Crippen LogP contribution in [0, 0.1) is 6.92 Å². The summed E-state index contributed by atoms with van der Waals surface area (Å²) in [5, 5.41) is 0. The summed E-state index contributed by atoms with van der Waals surface area (Å²) in [6.07, 6.45) is 4.89. The average molecular weight is 117 g/mol. The molecule has 0 atom stereocenters. The molecule has 0 saturated carbocycles. The van der Waals surface area contributed by atoms with Gasteiger partial charge < -0.3 is 6.92 Å². The molecule has 0 rings (SSSR count).